The minimum atomic E-state index is -0.0523. The van der Waals surface area contributed by atoms with Crippen molar-refractivity contribution in [2.75, 3.05) is 17.7 Å². The van der Waals surface area contributed by atoms with Gasteiger partial charge in [-0.3, -0.25) is 9.59 Å². The van der Waals surface area contributed by atoms with Gasteiger partial charge in [0, 0.05) is 17.7 Å². The van der Waals surface area contributed by atoms with Gasteiger partial charge in [0.15, 0.2) is 5.78 Å². The van der Waals surface area contributed by atoms with Crippen LogP contribution in [0, 0.1) is 0 Å². The van der Waals surface area contributed by atoms with Crippen LogP contribution >= 0.6 is 11.8 Å². The number of hydrogen-bond donors (Lipinski definition) is 1. The van der Waals surface area contributed by atoms with Crippen molar-refractivity contribution in [2.45, 2.75) is 44.7 Å². The monoisotopic (exact) mass is 453 g/mol. The third-order valence-corrected chi connectivity index (χ3v) is 5.58. The number of ketones is 1. The predicted molar refractivity (Wildman–Crippen MR) is 125 cm³/mol. The molecule has 0 spiro atoms. The number of anilines is 1. The van der Waals surface area contributed by atoms with Crippen molar-refractivity contribution >= 4 is 29.1 Å². The summed E-state index contributed by atoms with van der Waals surface area (Å²) in [5.41, 5.74) is 1.97. The number of ether oxygens (including phenoxy) is 1. The van der Waals surface area contributed by atoms with Crippen molar-refractivity contribution in [1.82, 2.24) is 20.2 Å². The van der Waals surface area contributed by atoms with Gasteiger partial charge in [-0.1, -0.05) is 43.7 Å². The van der Waals surface area contributed by atoms with Crippen molar-refractivity contribution in [3.05, 3.63) is 54.1 Å². The van der Waals surface area contributed by atoms with E-state index >= 15 is 0 Å². The van der Waals surface area contributed by atoms with Crippen molar-refractivity contribution in [2.24, 2.45) is 0 Å². The number of nitrogens with zero attached hydrogens (tertiary/aromatic N) is 4. The van der Waals surface area contributed by atoms with Crippen LogP contribution in [-0.2, 0) is 4.79 Å². The van der Waals surface area contributed by atoms with E-state index in [9.17, 15) is 9.59 Å². The zero-order chi connectivity index (χ0) is 22.8. The normalized spacial score (nSPS) is 10.7. The van der Waals surface area contributed by atoms with Gasteiger partial charge >= 0.3 is 0 Å². The molecule has 0 fully saturated rings. The average Bonchev–Trinajstić information content (AvgIpc) is 3.27. The third-order valence-electron chi connectivity index (χ3n) is 4.66. The molecule has 0 unspecified atom stereocenters. The maximum atomic E-state index is 12.7. The molecule has 0 atom stereocenters. The summed E-state index contributed by atoms with van der Waals surface area (Å²) in [7, 11) is 0. The Hall–Kier alpha value is -3.20. The molecule has 0 aliphatic heterocycles. The van der Waals surface area contributed by atoms with Gasteiger partial charge < -0.3 is 10.1 Å². The molecule has 8 nitrogen and oxygen atoms in total. The number of carbonyl (C=O) groups is 2. The molecule has 3 rings (SSSR count). The topological polar surface area (TPSA) is 99.0 Å². The highest BCUT2D eigenvalue weighted by atomic mass is 32.2. The van der Waals surface area contributed by atoms with Gasteiger partial charge in [0.05, 0.1) is 12.4 Å². The summed E-state index contributed by atoms with van der Waals surface area (Å²) in [6.45, 7) is 4.54. The van der Waals surface area contributed by atoms with E-state index in [1.54, 1.807) is 28.9 Å². The summed E-state index contributed by atoms with van der Waals surface area (Å²) in [6.07, 6.45) is 3.50. The van der Waals surface area contributed by atoms with Crippen LogP contribution in [0.15, 0.2) is 53.7 Å². The number of amides is 1. The molecule has 0 aliphatic carbocycles. The van der Waals surface area contributed by atoms with Crippen LogP contribution in [0.25, 0.3) is 5.69 Å². The zero-order valence-electron chi connectivity index (χ0n) is 18.3. The van der Waals surface area contributed by atoms with Crippen LogP contribution in [-0.4, -0.2) is 44.3 Å². The number of thioether (sulfide) groups is 1. The SMILES string of the molecule is CCCCCC(=O)Nc1ccc(C(=O)CSc2nnnn2-c2ccccc2OCC)cc1. The summed E-state index contributed by atoms with van der Waals surface area (Å²) < 4.78 is 7.22. The van der Waals surface area contributed by atoms with E-state index in [1.807, 2.05) is 31.2 Å². The van der Waals surface area contributed by atoms with Gasteiger partial charge in [-0.05, 0) is 60.2 Å². The number of nitrogens with one attached hydrogen (secondary N) is 1. The highest BCUT2D eigenvalue weighted by Gasteiger charge is 2.15. The Morgan fingerprint density at radius 1 is 1.06 bits per heavy atom. The number of benzene rings is 2. The van der Waals surface area contributed by atoms with Crippen LogP contribution in [0.3, 0.4) is 0 Å². The highest BCUT2D eigenvalue weighted by molar-refractivity contribution is 7.99. The summed E-state index contributed by atoms with van der Waals surface area (Å²) in [4.78, 5) is 24.6. The van der Waals surface area contributed by atoms with Crippen LogP contribution in [0.4, 0.5) is 5.69 Å². The number of rotatable bonds is 12. The maximum absolute atomic E-state index is 12.7. The second kappa shape index (κ2) is 12.0. The average molecular weight is 454 g/mol. The first kappa shape index (κ1) is 23.5. The molecule has 1 N–H and O–H groups in total. The largest absolute Gasteiger partial charge is 0.492 e. The fourth-order valence-corrected chi connectivity index (χ4v) is 3.82. The quantitative estimate of drug-likeness (QED) is 0.244. The molecular formula is C23H27N5O3S. The van der Waals surface area contributed by atoms with Gasteiger partial charge in [-0.25, -0.2) is 0 Å². The molecule has 1 heterocycles. The fourth-order valence-electron chi connectivity index (χ4n) is 3.04. The maximum Gasteiger partial charge on any atom is 0.224 e. The third kappa shape index (κ3) is 6.40. The Kier molecular flexibility index (Phi) is 8.79. The summed E-state index contributed by atoms with van der Waals surface area (Å²) in [6, 6.07) is 14.4. The standard InChI is InChI=1S/C23H27N5O3S/c1-3-5-6-11-22(30)24-18-14-12-17(13-15-18)20(29)16-32-23-25-26-27-28(23)19-9-7-8-10-21(19)31-4-2/h7-10,12-15H,3-6,11,16H2,1-2H3,(H,24,30). The number of carbonyl (C=O) groups excluding carboxylic acids is 2. The molecule has 0 aliphatic rings. The summed E-state index contributed by atoms with van der Waals surface area (Å²) >= 11 is 1.26. The molecular weight excluding hydrogens is 426 g/mol. The Bertz CT molecular complexity index is 1040. The van der Waals surface area contributed by atoms with Gasteiger partial charge in [-0.2, -0.15) is 4.68 Å². The molecule has 1 amide bonds. The van der Waals surface area contributed by atoms with Crippen LogP contribution in [0.2, 0.25) is 0 Å². The Morgan fingerprint density at radius 3 is 2.59 bits per heavy atom. The van der Waals surface area contributed by atoms with E-state index in [0.29, 0.717) is 40.9 Å². The van der Waals surface area contributed by atoms with Gasteiger partial charge in [0.25, 0.3) is 0 Å². The molecule has 168 valence electrons. The first-order chi connectivity index (χ1) is 15.6. The van der Waals surface area contributed by atoms with Gasteiger partial charge in [-0.15, -0.1) is 5.10 Å². The minimum absolute atomic E-state index is 0.00717. The molecule has 0 saturated heterocycles. The number of unbranched alkanes of at least 4 members (excludes halogenated alkanes) is 2. The van der Waals surface area contributed by atoms with Crippen molar-refractivity contribution in [1.29, 1.82) is 0 Å². The van der Waals surface area contributed by atoms with E-state index in [2.05, 4.69) is 27.8 Å². The number of aromatic nitrogens is 4. The lowest BCUT2D eigenvalue weighted by molar-refractivity contribution is -0.116. The second-order valence-electron chi connectivity index (χ2n) is 7.07. The van der Waals surface area contributed by atoms with E-state index in [4.69, 9.17) is 4.74 Å². The molecule has 2 aromatic carbocycles. The van der Waals surface area contributed by atoms with Crippen molar-refractivity contribution in [3.63, 3.8) is 0 Å². The lowest BCUT2D eigenvalue weighted by Crippen LogP contribution is -2.11. The first-order valence-corrected chi connectivity index (χ1v) is 11.7. The first-order valence-electron chi connectivity index (χ1n) is 10.7. The highest BCUT2D eigenvalue weighted by Crippen LogP contribution is 2.26. The Morgan fingerprint density at radius 2 is 1.84 bits per heavy atom. The molecule has 32 heavy (non-hydrogen) atoms. The summed E-state index contributed by atoms with van der Waals surface area (Å²) in [5, 5.41) is 15.2. The van der Waals surface area contributed by atoms with E-state index in [1.165, 1.54) is 11.8 Å². The summed E-state index contributed by atoms with van der Waals surface area (Å²) in [5.74, 6) is 0.790. The number of hydrogen-bond acceptors (Lipinski definition) is 7. The van der Waals surface area contributed by atoms with Gasteiger partial charge in [0.2, 0.25) is 11.1 Å². The number of Topliss-reactive ketones (excluding diaryl/α,β-unsaturated/α-hetero) is 1. The lowest BCUT2D eigenvalue weighted by atomic mass is 10.1. The van der Waals surface area contributed by atoms with Crippen molar-refractivity contribution in [3.8, 4) is 11.4 Å². The number of tetrazole rings is 1. The molecule has 0 bridgehead atoms. The van der Waals surface area contributed by atoms with Crippen molar-refractivity contribution < 1.29 is 14.3 Å². The zero-order valence-corrected chi connectivity index (χ0v) is 19.1. The Balaban J connectivity index is 1.59. The predicted octanol–water partition coefficient (Wildman–Crippen LogP) is 4.55. The Labute approximate surface area is 191 Å². The lowest BCUT2D eigenvalue weighted by Gasteiger charge is -2.10. The van der Waals surface area contributed by atoms with E-state index < -0.39 is 0 Å². The minimum Gasteiger partial charge on any atom is -0.492 e. The molecule has 0 saturated carbocycles. The molecule has 3 aromatic rings. The number of para-hydroxylation sites is 2. The van der Waals surface area contributed by atoms with Gasteiger partial charge in [0.1, 0.15) is 11.4 Å². The molecule has 9 heteroatoms. The van der Waals surface area contributed by atoms with Crippen LogP contribution in [0.5, 0.6) is 5.75 Å². The van der Waals surface area contributed by atoms with Crippen LogP contribution in [0.1, 0.15) is 49.9 Å². The fraction of sp³-hybridized carbons (Fsp3) is 0.348. The smallest absolute Gasteiger partial charge is 0.224 e. The second-order valence-corrected chi connectivity index (χ2v) is 8.01. The molecule has 1 aromatic heterocycles. The van der Waals surface area contributed by atoms with E-state index in [-0.39, 0.29) is 17.4 Å². The van der Waals surface area contributed by atoms with Crippen LogP contribution < -0.4 is 10.1 Å². The molecule has 0 radical (unpaired) electrons. The van der Waals surface area contributed by atoms with E-state index in [0.717, 1.165) is 19.3 Å².